The van der Waals surface area contributed by atoms with Gasteiger partial charge in [-0.1, -0.05) is 42.5 Å². The van der Waals surface area contributed by atoms with E-state index in [0.717, 1.165) is 19.4 Å². The molecule has 0 radical (unpaired) electrons. The Bertz CT molecular complexity index is 524. The van der Waals surface area contributed by atoms with Crippen molar-refractivity contribution in [3.63, 3.8) is 0 Å². The monoisotopic (exact) mass is 227 g/mol. The molecule has 1 aliphatic heterocycles. The van der Waals surface area contributed by atoms with Gasteiger partial charge in [-0.2, -0.15) is 0 Å². The summed E-state index contributed by atoms with van der Waals surface area (Å²) in [6, 6.07) is 14.8. The molecule has 1 fully saturated rings. The van der Waals surface area contributed by atoms with Gasteiger partial charge in [0.2, 0.25) is 0 Å². The summed E-state index contributed by atoms with van der Waals surface area (Å²) in [6.45, 7) is 1.46. The molecule has 3 rings (SSSR count). The number of ether oxygens (including phenoxy) is 1. The minimum absolute atomic E-state index is 0.320. The standard InChI is InChI=1S/C15H17NO/c16-15(9-4-10-17-11-15)14-8-3-6-12-5-1-2-7-13(12)14/h1-3,5-8H,4,9-11,16H2. The van der Waals surface area contributed by atoms with Crippen LogP contribution in [0.25, 0.3) is 10.8 Å². The molecule has 0 amide bonds. The molecule has 2 aromatic rings. The van der Waals surface area contributed by atoms with Gasteiger partial charge in [0.15, 0.2) is 0 Å². The van der Waals surface area contributed by atoms with Gasteiger partial charge in [0, 0.05) is 6.61 Å². The third-order valence-corrected chi connectivity index (χ3v) is 3.60. The number of nitrogens with two attached hydrogens (primary N) is 1. The second kappa shape index (κ2) is 4.13. The quantitative estimate of drug-likeness (QED) is 0.813. The first-order valence-electron chi connectivity index (χ1n) is 6.14. The van der Waals surface area contributed by atoms with Crippen molar-refractivity contribution < 1.29 is 4.74 Å². The van der Waals surface area contributed by atoms with E-state index in [-0.39, 0.29) is 5.54 Å². The Morgan fingerprint density at radius 3 is 2.71 bits per heavy atom. The van der Waals surface area contributed by atoms with Crippen molar-refractivity contribution in [1.82, 2.24) is 0 Å². The molecule has 1 heterocycles. The van der Waals surface area contributed by atoms with E-state index >= 15 is 0 Å². The van der Waals surface area contributed by atoms with E-state index in [0.29, 0.717) is 6.61 Å². The summed E-state index contributed by atoms with van der Waals surface area (Å²) in [4.78, 5) is 0. The van der Waals surface area contributed by atoms with Crippen molar-refractivity contribution in [3.05, 3.63) is 48.0 Å². The topological polar surface area (TPSA) is 35.2 Å². The largest absolute Gasteiger partial charge is 0.379 e. The van der Waals surface area contributed by atoms with E-state index in [1.165, 1.54) is 16.3 Å². The summed E-state index contributed by atoms with van der Waals surface area (Å²) in [7, 11) is 0. The number of rotatable bonds is 1. The Morgan fingerprint density at radius 2 is 1.88 bits per heavy atom. The van der Waals surface area contributed by atoms with Crippen molar-refractivity contribution in [2.24, 2.45) is 5.73 Å². The molecule has 2 heteroatoms. The minimum Gasteiger partial charge on any atom is -0.379 e. The molecule has 1 unspecified atom stereocenters. The fraction of sp³-hybridized carbons (Fsp3) is 0.333. The van der Waals surface area contributed by atoms with Crippen LogP contribution in [0.15, 0.2) is 42.5 Å². The predicted octanol–water partition coefficient (Wildman–Crippen LogP) is 2.80. The van der Waals surface area contributed by atoms with E-state index in [1.807, 2.05) is 0 Å². The van der Waals surface area contributed by atoms with Gasteiger partial charge in [0.25, 0.3) is 0 Å². The summed E-state index contributed by atoms with van der Waals surface area (Å²) in [6.07, 6.45) is 2.04. The maximum atomic E-state index is 6.52. The summed E-state index contributed by atoms with van der Waals surface area (Å²) in [5, 5.41) is 2.50. The predicted molar refractivity (Wildman–Crippen MR) is 69.9 cm³/mol. The van der Waals surface area contributed by atoms with E-state index in [4.69, 9.17) is 10.5 Å². The molecular formula is C15H17NO. The van der Waals surface area contributed by atoms with E-state index in [9.17, 15) is 0 Å². The van der Waals surface area contributed by atoms with E-state index < -0.39 is 0 Å². The fourth-order valence-electron chi connectivity index (χ4n) is 2.69. The number of hydrogen-bond donors (Lipinski definition) is 1. The van der Waals surface area contributed by atoms with Crippen molar-refractivity contribution in [3.8, 4) is 0 Å². The van der Waals surface area contributed by atoms with Gasteiger partial charge in [-0.15, -0.1) is 0 Å². The highest BCUT2D eigenvalue weighted by Gasteiger charge is 2.31. The lowest BCUT2D eigenvalue weighted by atomic mass is 9.83. The lowest BCUT2D eigenvalue weighted by Crippen LogP contribution is -2.44. The van der Waals surface area contributed by atoms with Crippen LogP contribution in [-0.2, 0) is 10.3 Å². The van der Waals surface area contributed by atoms with Gasteiger partial charge < -0.3 is 10.5 Å². The highest BCUT2D eigenvalue weighted by Crippen LogP contribution is 2.32. The van der Waals surface area contributed by atoms with E-state index in [1.54, 1.807) is 0 Å². The first-order valence-corrected chi connectivity index (χ1v) is 6.14. The van der Waals surface area contributed by atoms with Gasteiger partial charge in [-0.25, -0.2) is 0 Å². The Hall–Kier alpha value is -1.38. The number of benzene rings is 2. The first kappa shape index (κ1) is 10.8. The molecular weight excluding hydrogens is 210 g/mol. The van der Waals surface area contributed by atoms with Crippen LogP contribution in [0, 0.1) is 0 Å². The molecule has 0 aromatic heterocycles. The summed E-state index contributed by atoms with van der Waals surface area (Å²) < 4.78 is 5.56. The third kappa shape index (κ3) is 1.84. The van der Waals surface area contributed by atoms with Gasteiger partial charge in [-0.3, -0.25) is 0 Å². The maximum absolute atomic E-state index is 6.52. The maximum Gasteiger partial charge on any atom is 0.0688 e. The molecule has 1 aliphatic rings. The van der Waals surface area contributed by atoms with Crippen molar-refractivity contribution >= 4 is 10.8 Å². The smallest absolute Gasteiger partial charge is 0.0688 e. The SMILES string of the molecule is NC1(c2cccc3ccccc23)CCCOC1. The Balaban J connectivity index is 2.16. The molecule has 1 saturated heterocycles. The van der Waals surface area contributed by atoms with Crippen LogP contribution in [0.3, 0.4) is 0 Å². The summed E-state index contributed by atoms with van der Waals surface area (Å²) >= 11 is 0. The van der Waals surface area contributed by atoms with Crippen LogP contribution in [0.1, 0.15) is 18.4 Å². The minimum atomic E-state index is -0.320. The molecule has 88 valence electrons. The van der Waals surface area contributed by atoms with E-state index in [2.05, 4.69) is 42.5 Å². The normalized spacial score (nSPS) is 25.0. The molecule has 2 nitrogen and oxygen atoms in total. The Kier molecular flexibility index (Phi) is 2.61. The molecule has 0 spiro atoms. The summed E-state index contributed by atoms with van der Waals surface area (Å²) in [5.41, 5.74) is 7.42. The van der Waals surface area contributed by atoms with Crippen LogP contribution >= 0.6 is 0 Å². The second-order valence-electron chi connectivity index (χ2n) is 4.84. The molecule has 0 bridgehead atoms. The highest BCUT2D eigenvalue weighted by molar-refractivity contribution is 5.86. The first-order chi connectivity index (χ1) is 8.30. The molecule has 17 heavy (non-hydrogen) atoms. The van der Waals surface area contributed by atoms with Crippen LogP contribution in [-0.4, -0.2) is 13.2 Å². The van der Waals surface area contributed by atoms with Crippen molar-refractivity contribution in [1.29, 1.82) is 0 Å². The highest BCUT2D eigenvalue weighted by atomic mass is 16.5. The van der Waals surface area contributed by atoms with Gasteiger partial charge in [0.05, 0.1) is 12.1 Å². The zero-order valence-electron chi connectivity index (χ0n) is 9.86. The average Bonchev–Trinajstić information content (AvgIpc) is 2.39. The number of fused-ring (bicyclic) bond motifs is 1. The average molecular weight is 227 g/mol. The van der Waals surface area contributed by atoms with Crippen LogP contribution in [0.5, 0.6) is 0 Å². The van der Waals surface area contributed by atoms with Gasteiger partial charge in [0.1, 0.15) is 0 Å². The van der Waals surface area contributed by atoms with Gasteiger partial charge >= 0.3 is 0 Å². The van der Waals surface area contributed by atoms with Crippen LogP contribution in [0.2, 0.25) is 0 Å². The Labute approximate surface area is 101 Å². The van der Waals surface area contributed by atoms with Gasteiger partial charge in [-0.05, 0) is 29.2 Å². The van der Waals surface area contributed by atoms with Crippen LogP contribution < -0.4 is 5.73 Å². The molecule has 2 aromatic carbocycles. The third-order valence-electron chi connectivity index (χ3n) is 3.60. The number of hydrogen-bond acceptors (Lipinski definition) is 2. The second-order valence-corrected chi connectivity index (χ2v) is 4.84. The lowest BCUT2D eigenvalue weighted by molar-refractivity contribution is 0.0373. The molecule has 1 atom stereocenters. The summed E-state index contributed by atoms with van der Waals surface area (Å²) in [5.74, 6) is 0. The van der Waals surface area contributed by atoms with Crippen LogP contribution in [0.4, 0.5) is 0 Å². The van der Waals surface area contributed by atoms with Crippen molar-refractivity contribution in [2.75, 3.05) is 13.2 Å². The molecule has 0 aliphatic carbocycles. The zero-order valence-corrected chi connectivity index (χ0v) is 9.86. The molecule has 0 saturated carbocycles. The van der Waals surface area contributed by atoms with Crippen molar-refractivity contribution in [2.45, 2.75) is 18.4 Å². The lowest BCUT2D eigenvalue weighted by Gasteiger charge is -2.34. The Morgan fingerprint density at radius 1 is 1.06 bits per heavy atom. The molecule has 2 N–H and O–H groups in total. The fourth-order valence-corrected chi connectivity index (χ4v) is 2.69. The zero-order chi connectivity index (χ0) is 11.7.